The van der Waals surface area contributed by atoms with Gasteiger partial charge >= 0.3 is 0 Å². The van der Waals surface area contributed by atoms with Gasteiger partial charge in [0.05, 0.1) is 18.4 Å². The van der Waals surface area contributed by atoms with Crippen molar-refractivity contribution in [2.24, 2.45) is 7.05 Å². The van der Waals surface area contributed by atoms with E-state index in [2.05, 4.69) is 20.5 Å². The number of nitrogens with zero attached hydrogens (tertiary/aromatic N) is 4. The minimum atomic E-state index is -0.0613. The van der Waals surface area contributed by atoms with E-state index in [1.165, 1.54) is 0 Å². The fourth-order valence-corrected chi connectivity index (χ4v) is 3.58. The second-order valence-corrected chi connectivity index (χ2v) is 6.45. The van der Waals surface area contributed by atoms with Crippen molar-refractivity contribution in [3.05, 3.63) is 23.1 Å². The Morgan fingerprint density at radius 1 is 1.48 bits per heavy atom. The van der Waals surface area contributed by atoms with Gasteiger partial charge in [0.1, 0.15) is 5.76 Å². The van der Waals surface area contributed by atoms with Crippen LogP contribution in [0.5, 0.6) is 5.88 Å². The van der Waals surface area contributed by atoms with Gasteiger partial charge in [-0.1, -0.05) is 5.16 Å². The number of hydrogen-bond donors (Lipinski definition) is 1. The molecule has 8 heteroatoms. The van der Waals surface area contributed by atoms with Crippen molar-refractivity contribution in [2.75, 3.05) is 25.5 Å². The number of aryl methyl sites for hydroxylation is 3. The summed E-state index contributed by atoms with van der Waals surface area (Å²) in [5.74, 6) is 1.88. The molecule has 0 spiro atoms. The average molecular weight is 347 g/mol. The van der Waals surface area contributed by atoms with E-state index in [9.17, 15) is 4.79 Å². The molecule has 0 aliphatic carbocycles. The third kappa shape index (κ3) is 3.68. The van der Waals surface area contributed by atoms with Crippen LogP contribution in [-0.4, -0.2) is 45.9 Å². The van der Waals surface area contributed by atoms with Gasteiger partial charge in [-0.2, -0.15) is 5.10 Å². The number of likely N-dealkylation sites (tertiary alicyclic amines) is 1. The number of hydrogen-bond acceptors (Lipinski definition) is 6. The van der Waals surface area contributed by atoms with Crippen LogP contribution in [0, 0.1) is 13.8 Å². The molecule has 136 valence electrons. The summed E-state index contributed by atoms with van der Waals surface area (Å²) < 4.78 is 12.3. The van der Waals surface area contributed by atoms with Crippen LogP contribution in [0.15, 0.2) is 10.6 Å². The molecule has 3 heterocycles. The molecule has 0 radical (unpaired) electrons. The zero-order valence-electron chi connectivity index (χ0n) is 15.2. The third-order valence-electron chi connectivity index (χ3n) is 4.63. The molecule has 2 aromatic heterocycles. The van der Waals surface area contributed by atoms with Gasteiger partial charge in [0.2, 0.25) is 11.8 Å². The Morgan fingerprint density at radius 2 is 2.28 bits per heavy atom. The Kier molecular flexibility index (Phi) is 5.08. The number of rotatable bonds is 6. The summed E-state index contributed by atoms with van der Waals surface area (Å²) in [7, 11) is 3.56. The molecule has 2 aromatic rings. The van der Waals surface area contributed by atoms with Crippen molar-refractivity contribution < 1.29 is 14.1 Å². The summed E-state index contributed by atoms with van der Waals surface area (Å²) in [5.41, 5.74) is 2.12. The van der Waals surface area contributed by atoms with E-state index >= 15 is 0 Å². The molecule has 0 unspecified atom stereocenters. The topological polar surface area (TPSA) is 85.4 Å². The number of nitrogens with one attached hydrogen (secondary N) is 1. The molecule has 1 amide bonds. The molecule has 1 fully saturated rings. The van der Waals surface area contributed by atoms with Gasteiger partial charge in [-0.3, -0.25) is 9.69 Å². The van der Waals surface area contributed by atoms with Gasteiger partial charge < -0.3 is 14.6 Å². The van der Waals surface area contributed by atoms with E-state index in [4.69, 9.17) is 9.26 Å². The lowest BCUT2D eigenvalue weighted by atomic mass is 10.0. The van der Waals surface area contributed by atoms with E-state index in [1.54, 1.807) is 24.8 Å². The molecule has 1 N–H and O–H groups in total. The van der Waals surface area contributed by atoms with Crippen molar-refractivity contribution in [3.8, 4) is 5.88 Å². The first kappa shape index (κ1) is 17.5. The molecule has 1 aliphatic rings. The maximum absolute atomic E-state index is 12.2. The predicted molar refractivity (Wildman–Crippen MR) is 92.5 cm³/mol. The first-order valence-electron chi connectivity index (χ1n) is 8.54. The van der Waals surface area contributed by atoms with Gasteiger partial charge in [-0.05, 0) is 33.2 Å². The highest BCUT2D eigenvalue weighted by atomic mass is 16.5. The van der Waals surface area contributed by atoms with Gasteiger partial charge in [-0.25, -0.2) is 4.68 Å². The molecular weight excluding hydrogens is 322 g/mol. The number of aromatic nitrogens is 3. The van der Waals surface area contributed by atoms with E-state index in [-0.39, 0.29) is 11.9 Å². The fourth-order valence-electron chi connectivity index (χ4n) is 3.58. The normalized spacial score (nSPS) is 17.8. The smallest absolute Gasteiger partial charge is 0.226 e. The lowest BCUT2D eigenvalue weighted by molar-refractivity contribution is -0.116. The van der Waals surface area contributed by atoms with E-state index in [0.29, 0.717) is 24.5 Å². The molecule has 0 bridgehead atoms. The van der Waals surface area contributed by atoms with Crippen LogP contribution in [0.3, 0.4) is 0 Å². The fraction of sp³-hybridized carbons (Fsp3) is 0.588. The Labute approximate surface area is 147 Å². The average Bonchev–Trinajstić information content (AvgIpc) is 3.24. The first-order chi connectivity index (χ1) is 12.0. The zero-order valence-corrected chi connectivity index (χ0v) is 15.2. The van der Waals surface area contributed by atoms with Crippen LogP contribution in [0.1, 0.15) is 42.3 Å². The van der Waals surface area contributed by atoms with Crippen molar-refractivity contribution in [1.29, 1.82) is 0 Å². The number of ether oxygens (including phenoxy) is 1. The molecule has 1 saturated heterocycles. The monoisotopic (exact) mass is 347 g/mol. The number of methoxy groups -OCH3 is 1. The summed E-state index contributed by atoms with van der Waals surface area (Å²) in [6.45, 7) is 5.46. The SMILES string of the molecule is COc1c([C@H]2CCCN2CCC(=O)Nc2cc(C)on2)c(C)nn1C. The molecule has 0 saturated carbocycles. The first-order valence-corrected chi connectivity index (χ1v) is 8.54. The Bertz CT molecular complexity index is 752. The molecular formula is C17H25N5O3. The molecule has 25 heavy (non-hydrogen) atoms. The van der Waals surface area contributed by atoms with E-state index in [0.717, 1.165) is 36.5 Å². The highest BCUT2D eigenvalue weighted by molar-refractivity contribution is 5.89. The van der Waals surface area contributed by atoms with Crippen LogP contribution in [0.2, 0.25) is 0 Å². The Hall–Kier alpha value is -2.35. The highest BCUT2D eigenvalue weighted by Gasteiger charge is 2.32. The van der Waals surface area contributed by atoms with Gasteiger partial charge in [0.15, 0.2) is 5.82 Å². The van der Waals surface area contributed by atoms with Crippen molar-refractivity contribution >= 4 is 11.7 Å². The van der Waals surface area contributed by atoms with Crippen LogP contribution in [0.4, 0.5) is 5.82 Å². The third-order valence-corrected chi connectivity index (χ3v) is 4.63. The summed E-state index contributed by atoms with van der Waals surface area (Å²) >= 11 is 0. The number of amides is 1. The molecule has 1 atom stereocenters. The van der Waals surface area contributed by atoms with Crippen LogP contribution in [0.25, 0.3) is 0 Å². The van der Waals surface area contributed by atoms with Crippen LogP contribution < -0.4 is 10.1 Å². The number of anilines is 1. The van der Waals surface area contributed by atoms with Crippen molar-refractivity contribution in [3.63, 3.8) is 0 Å². The number of carbonyl (C=O) groups is 1. The second kappa shape index (κ2) is 7.26. The van der Waals surface area contributed by atoms with E-state index < -0.39 is 0 Å². The van der Waals surface area contributed by atoms with Crippen LogP contribution in [-0.2, 0) is 11.8 Å². The summed E-state index contributed by atoms with van der Waals surface area (Å²) in [6, 6.07) is 1.95. The molecule has 0 aromatic carbocycles. The second-order valence-electron chi connectivity index (χ2n) is 6.45. The minimum Gasteiger partial charge on any atom is -0.481 e. The summed E-state index contributed by atoms with van der Waals surface area (Å²) in [5, 5.41) is 11.0. The molecule has 8 nitrogen and oxygen atoms in total. The van der Waals surface area contributed by atoms with Crippen LogP contribution >= 0.6 is 0 Å². The zero-order chi connectivity index (χ0) is 18.0. The number of carbonyl (C=O) groups excluding carboxylic acids is 1. The Balaban J connectivity index is 1.63. The van der Waals surface area contributed by atoms with Crippen molar-refractivity contribution in [2.45, 2.75) is 39.2 Å². The Morgan fingerprint density at radius 3 is 2.96 bits per heavy atom. The summed E-state index contributed by atoms with van der Waals surface area (Å²) in [4.78, 5) is 14.5. The minimum absolute atomic E-state index is 0.0613. The lowest BCUT2D eigenvalue weighted by Crippen LogP contribution is -2.28. The molecule has 3 rings (SSSR count). The van der Waals surface area contributed by atoms with Gasteiger partial charge in [-0.15, -0.1) is 0 Å². The summed E-state index contributed by atoms with van der Waals surface area (Å²) in [6.07, 6.45) is 2.56. The standard InChI is InChI=1S/C17H25N5O3/c1-11-10-14(20-25-11)18-15(23)7-9-22-8-5-6-13(22)16-12(2)19-21(3)17(16)24-4/h10,13H,5-9H2,1-4H3,(H,18,20,23)/t13-/m1/s1. The van der Waals surface area contributed by atoms with Gasteiger partial charge in [0, 0.05) is 32.1 Å². The maximum Gasteiger partial charge on any atom is 0.226 e. The van der Waals surface area contributed by atoms with Crippen molar-refractivity contribution in [1.82, 2.24) is 19.8 Å². The lowest BCUT2D eigenvalue weighted by Gasteiger charge is -2.24. The molecule has 1 aliphatic heterocycles. The largest absolute Gasteiger partial charge is 0.481 e. The quantitative estimate of drug-likeness (QED) is 0.862. The van der Waals surface area contributed by atoms with E-state index in [1.807, 2.05) is 14.0 Å². The predicted octanol–water partition coefficient (Wildman–Crippen LogP) is 2.20. The highest BCUT2D eigenvalue weighted by Crippen LogP contribution is 2.38. The maximum atomic E-state index is 12.2. The van der Waals surface area contributed by atoms with Gasteiger partial charge in [0.25, 0.3) is 0 Å².